The molecule has 0 saturated heterocycles. The minimum atomic E-state index is -0.160. The Morgan fingerprint density at radius 3 is 2.65 bits per heavy atom. The van der Waals surface area contributed by atoms with E-state index >= 15 is 0 Å². The van der Waals surface area contributed by atoms with Gasteiger partial charge in [-0.25, -0.2) is 9.38 Å². The van der Waals surface area contributed by atoms with E-state index in [-0.39, 0.29) is 5.82 Å². The van der Waals surface area contributed by atoms with Gasteiger partial charge in [0.1, 0.15) is 5.82 Å². The highest BCUT2D eigenvalue weighted by molar-refractivity contribution is 5.78. The first-order valence-electron chi connectivity index (χ1n) is 7.57. The van der Waals surface area contributed by atoms with E-state index in [1.165, 1.54) is 25.7 Å². The highest BCUT2D eigenvalue weighted by Crippen LogP contribution is 2.40. The molecular weight excluding hydrogens is 253 g/mol. The zero-order valence-electron chi connectivity index (χ0n) is 11.7. The molecule has 0 bridgehead atoms. The lowest BCUT2D eigenvalue weighted by Crippen LogP contribution is -2.38. The number of nitrogens with one attached hydrogen (secondary N) is 1. The molecule has 0 heterocycles. The summed E-state index contributed by atoms with van der Waals surface area (Å²) in [7, 11) is 0. The van der Waals surface area contributed by atoms with E-state index in [4.69, 9.17) is 5.73 Å². The van der Waals surface area contributed by atoms with E-state index in [9.17, 15) is 4.39 Å². The van der Waals surface area contributed by atoms with Crippen molar-refractivity contribution < 1.29 is 4.39 Å². The number of rotatable bonds is 4. The Morgan fingerprint density at radius 2 is 2.00 bits per heavy atom. The van der Waals surface area contributed by atoms with E-state index in [2.05, 4.69) is 10.3 Å². The van der Waals surface area contributed by atoms with Gasteiger partial charge in [-0.05, 0) is 43.2 Å². The van der Waals surface area contributed by atoms with E-state index < -0.39 is 0 Å². The van der Waals surface area contributed by atoms with Crippen molar-refractivity contribution in [2.24, 2.45) is 10.7 Å². The summed E-state index contributed by atoms with van der Waals surface area (Å²) in [5, 5.41) is 3.21. The van der Waals surface area contributed by atoms with Crippen LogP contribution in [0.4, 0.5) is 4.39 Å². The molecule has 3 rings (SSSR count). The van der Waals surface area contributed by atoms with Crippen LogP contribution in [0.2, 0.25) is 0 Å². The summed E-state index contributed by atoms with van der Waals surface area (Å²) in [6.07, 6.45) is 7.19. The van der Waals surface area contributed by atoms with Crippen LogP contribution in [0.3, 0.4) is 0 Å². The fourth-order valence-corrected chi connectivity index (χ4v) is 2.86. The molecule has 1 aromatic carbocycles. The number of hydrogen-bond acceptors (Lipinski definition) is 1. The van der Waals surface area contributed by atoms with Crippen LogP contribution in [-0.4, -0.2) is 12.0 Å². The molecule has 1 aromatic rings. The molecule has 2 aliphatic carbocycles. The predicted molar refractivity (Wildman–Crippen MR) is 79.1 cm³/mol. The van der Waals surface area contributed by atoms with Crippen LogP contribution in [0.15, 0.2) is 23.2 Å². The van der Waals surface area contributed by atoms with Crippen molar-refractivity contribution in [3.05, 3.63) is 35.1 Å². The van der Waals surface area contributed by atoms with Crippen molar-refractivity contribution in [2.75, 3.05) is 0 Å². The fraction of sp³-hybridized carbons (Fsp3) is 0.562. The van der Waals surface area contributed by atoms with Crippen LogP contribution in [0.5, 0.6) is 0 Å². The zero-order valence-corrected chi connectivity index (χ0v) is 11.7. The Bertz CT molecular complexity index is 502. The highest BCUT2D eigenvalue weighted by Gasteiger charge is 2.24. The minimum Gasteiger partial charge on any atom is -0.370 e. The average Bonchev–Trinajstić information content (AvgIpc) is 3.16. The molecule has 2 saturated carbocycles. The molecule has 0 aromatic heterocycles. The molecule has 0 spiro atoms. The maximum atomic E-state index is 14.0. The molecular formula is C16H22FN3. The van der Waals surface area contributed by atoms with Crippen LogP contribution in [0.1, 0.15) is 55.6 Å². The van der Waals surface area contributed by atoms with Gasteiger partial charge >= 0.3 is 0 Å². The Kier molecular flexibility index (Phi) is 3.90. The first-order valence-corrected chi connectivity index (χ1v) is 7.57. The van der Waals surface area contributed by atoms with Crippen molar-refractivity contribution in [1.29, 1.82) is 0 Å². The maximum Gasteiger partial charge on any atom is 0.189 e. The van der Waals surface area contributed by atoms with E-state index in [1.54, 1.807) is 6.07 Å². The van der Waals surface area contributed by atoms with Gasteiger partial charge in [0, 0.05) is 11.6 Å². The van der Waals surface area contributed by atoms with E-state index in [1.807, 2.05) is 12.1 Å². The Hall–Kier alpha value is -1.58. The van der Waals surface area contributed by atoms with Crippen LogP contribution in [-0.2, 0) is 6.54 Å². The van der Waals surface area contributed by atoms with E-state index in [0.29, 0.717) is 30.0 Å². The van der Waals surface area contributed by atoms with Gasteiger partial charge in [0.15, 0.2) is 5.96 Å². The summed E-state index contributed by atoms with van der Waals surface area (Å²) < 4.78 is 14.0. The second-order valence-corrected chi connectivity index (χ2v) is 5.95. The quantitative estimate of drug-likeness (QED) is 0.655. The second-order valence-electron chi connectivity index (χ2n) is 5.95. The van der Waals surface area contributed by atoms with Crippen LogP contribution in [0, 0.1) is 5.82 Å². The molecule has 3 N–H and O–H groups in total. The fourth-order valence-electron chi connectivity index (χ4n) is 2.86. The van der Waals surface area contributed by atoms with Gasteiger partial charge < -0.3 is 11.1 Å². The lowest BCUT2D eigenvalue weighted by molar-refractivity contribution is 0.605. The summed E-state index contributed by atoms with van der Waals surface area (Å²) in [6.45, 7) is 0.308. The van der Waals surface area contributed by atoms with E-state index in [0.717, 1.165) is 18.4 Å². The van der Waals surface area contributed by atoms with Gasteiger partial charge in [0.25, 0.3) is 0 Å². The third-order valence-corrected chi connectivity index (χ3v) is 4.25. The molecule has 0 radical (unpaired) electrons. The second kappa shape index (κ2) is 5.81. The van der Waals surface area contributed by atoms with Gasteiger partial charge in [-0.15, -0.1) is 0 Å². The van der Waals surface area contributed by atoms with Gasteiger partial charge in [-0.3, -0.25) is 0 Å². The standard InChI is InChI=1S/C16H22FN3/c17-15-9-12(11-5-6-11)7-8-13(15)10-19-16(18)20-14-3-1-2-4-14/h7-9,11,14H,1-6,10H2,(H3,18,19,20). The topological polar surface area (TPSA) is 50.4 Å². The summed E-state index contributed by atoms with van der Waals surface area (Å²) in [4.78, 5) is 4.25. The minimum absolute atomic E-state index is 0.160. The summed E-state index contributed by atoms with van der Waals surface area (Å²) in [6, 6.07) is 5.96. The number of nitrogens with zero attached hydrogens (tertiary/aromatic N) is 1. The molecule has 0 amide bonds. The van der Waals surface area contributed by atoms with Gasteiger partial charge in [-0.1, -0.05) is 25.0 Å². The summed E-state index contributed by atoms with van der Waals surface area (Å²) >= 11 is 0. The normalized spacial score (nSPS) is 20.4. The summed E-state index contributed by atoms with van der Waals surface area (Å²) in [5.74, 6) is 0.852. The molecule has 4 heteroatoms. The lowest BCUT2D eigenvalue weighted by Gasteiger charge is -2.12. The molecule has 3 nitrogen and oxygen atoms in total. The first kappa shape index (κ1) is 13.4. The van der Waals surface area contributed by atoms with Crippen molar-refractivity contribution in [3.63, 3.8) is 0 Å². The first-order chi connectivity index (χ1) is 9.72. The third-order valence-electron chi connectivity index (χ3n) is 4.25. The Balaban J connectivity index is 1.58. The number of guanidine groups is 1. The largest absolute Gasteiger partial charge is 0.370 e. The number of benzene rings is 1. The smallest absolute Gasteiger partial charge is 0.189 e. The van der Waals surface area contributed by atoms with Crippen LogP contribution >= 0.6 is 0 Å². The van der Waals surface area contributed by atoms with Crippen molar-refractivity contribution in [1.82, 2.24) is 5.32 Å². The van der Waals surface area contributed by atoms with Gasteiger partial charge in [0.2, 0.25) is 0 Å². The molecule has 2 aliphatic rings. The van der Waals surface area contributed by atoms with Crippen molar-refractivity contribution in [2.45, 2.75) is 57.0 Å². The van der Waals surface area contributed by atoms with Gasteiger partial charge in [-0.2, -0.15) is 0 Å². The maximum absolute atomic E-state index is 14.0. The highest BCUT2D eigenvalue weighted by atomic mass is 19.1. The molecule has 0 atom stereocenters. The SMILES string of the molecule is NC(=NCc1ccc(C2CC2)cc1F)NC1CCCC1. The van der Waals surface area contributed by atoms with Crippen LogP contribution < -0.4 is 11.1 Å². The average molecular weight is 275 g/mol. The van der Waals surface area contributed by atoms with Crippen molar-refractivity contribution >= 4 is 5.96 Å². The molecule has 108 valence electrons. The van der Waals surface area contributed by atoms with Crippen LogP contribution in [0.25, 0.3) is 0 Å². The lowest BCUT2D eigenvalue weighted by atomic mass is 10.1. The molecule has 0 unspecified atom stereocenters. The number of nitrogens with two attached hydrogens (primary N) is 1. The molecule has 0 aliphatic heterocycles. The van der Waals surface area contributed by atoms with Crippen molar-refractivity contribution in [3.8, 4) is 0 Å². The van der Waals surface area contributed by atoms with Gasteiger partial charge in [0.05, 0.1) is 6.54 Å². The molecule has 2 fully saturated rings. The number of halogens is 1. The predicted octanol–water partition coefficient (Wildman–Crippen LogP) is 3.05. The Labute approximate surface area is 119 Å². The number of aliphatic imine (C=N–C) groups is 1. The summed E-state index contributed by atoms with van der Waals surface area (Å²) in [5.41, 5.74) is 7.59. The Morgan fingerprint density at radius 1 is 1.25 bits per heavy atom. The zero-order chi connectivity index (χ0) is 13.9. The molecule has 20 heavy (non-hydrogen) atoms. The monoisotopic (exact) mass is 275 g/mol. The number of hydrogen-bond donors (Lipinski definition) is 2. The third kappa shape index (κ3) is 3.30.